The van der Waals surface area contributed by atoms with Crippen molar-refractivity contribution in [1.29, 1.82) is 0 Å². The molecule has 2 aromatic carbocycles. The molecule has 32 heavy (non-hydrogen) atoms. The fourth-order valence-electron chi connectivity index (χ4n) is 3.34. The molecule has 2 N–H and O–H groups in total. The summed E-state index contributed by atoms with van der Waals surface area (Å²) >= 11 is 5.75. The average Bonchev–Trinajstić information content (AvgIpc) is 2.77. The average molecular weight is 471 g/mol. The van der Waals surface area contributed by atoms with Gasteiger partial charge in [-0.1, -0.05) is 23.7 Å². The van der Waals surface area contributed by atoms with Crippen LogP contribution in [0, 0.1) is 0 Å². The number of hydrogen-bond donors (Lipinski definition) is 2. The molecule has 0 aromatic heterocycles. The van der Waals surface area contributed by atoms with Gasteiger partial charge in [0.2, 0.25) is 0 Å². The second kappa shape index (κ2) is 9.76. The van der Waals surface area contributed by atoms with Crippen molar-refractivity contribution < 1.29 is 28.0 Å². The number of likely N-dealkylation sites (N-methyl/N-ethyl adjacent to an activating group) is 1. The van der Waals surface area contributed by atoms with Gasteiger partial charge in [-0.25, -0.2) is 10.3 Å². The Hall–Kier alpha value is -2.82. The first-order valence-corrected chi connectivity index (χ1v) is 10.1. The molecule has 1 saturated heterocycles. The molecule has 0 radical (unpaired) electrons. The predicted molar refractivity (Wildman–Crippen MR) is 113 cm³/mol. The first-order valence-electron chi connectivity index (χ1n) is 9.75. The number of alkyl halides is 3. The van der Waals surface area contributed by atoms with Crippen molar-refractivity contribution in [3.63, 3.8) is 0 Å². The first kappa shape index (κ1) is 23.8. The number of anilines is 1. The zero-order valence-corrected chi connectivity index (χ0v) is 18.0. The molecule has 2 aromatic rings. The maximum Gasteiger partial charge on any atom is 0.417 e. The zero-order chi connectivity index (χ0) is 23.5. The Bertz CT molecular complexity index is 977. The Morgan fingerprint density at radius 3 is 2.28 bits per heavy atom. The molecule has 1 fully saturated rings. The lowest BCUT2D eigenvalue weighted by Crippen LogP contribution is -2.52. The molecule has 1 aliphatic heterocycles. The number of benzene rings is 2. The molecule has 1 aliphatic rings. The summed E-state index contributed by atoms with van der Waals surface area (Å²) in [4.78, 5) is 29.7. The molecule has 0 saturated carbocycles. The highest BCUT2D eigenvalue weighted by molar-refractivity contribution is 6.31. The first-order chi connectivity index (χ1) is 15.1. The topological polar surface area (TPSA) is 76.1 Å². The Morgan fingerprint density at radius 2 is 1.72 bits per heavy atom. The monoisotopic (exact) mass is 470 g/mol. The Kier molecular flexibility index (Phi) is 7.27. The molecule has 0 aliphatic carbocycles. The molecule has 1 heterocycles. The smallest absolute Gasteiger partial charge is 0.322 e. The van der Waals surface area contributed by atoms with E-state index in [1.54, 1.807) is 17.0 Å². The van der Waals surface area contributed by atoms with E-state index in [0.717, 1.165) is 12.1 Å². The third kappa shape index (κ3) is 5.50. The zero-order valence-electron chi connectivity index (χ0n) is 17.2. The van der Waals surface area contributed by atoms with Gasteiger partial charge in [0.15, 0.2) is 0 Å². The second-order valence-corrected chi connectivity index (χ2v) is 7.87. The fraction of sp³-hybridized carbons (Fsp3) is 0.333. The van der Waals surface area contributed by atoms with Crippen molar-refractivity contribution in [2.24, 2.45) is 0 Å². The van der Waals surface area contributed by atoms with E-state index in [1.807, 2.05) is 7.05 Å². The van der Waals surface area contributed by atoms with Gasteiger partial charge in [0.1, 0.15) is 0 Å². The number of halogens is 4. The van der Waals surface area contributed by atoms with Gasteiger partial charge < -0.3 is 9.80 Å². The number of nitrogens with one attached hydrogen (secondary N) is 1. The molecule has 0 spiro atoms. The van der Waals surface area contributed by atoms with E-state index < -0.39 is 28.7 Å². The summed E-state index contributed by atoms with van der Waals surface area (Å²) in [6.07, 6.45) is -4.67. The molecule has 11 heteroatoms. The number of nitrogens with zero attached hydrogens (tertiary/aromatic N) is 3. The van der Waals surface area contributed by atoms with Crippen LogP contribution >= 0.6 is 11.6 Å². The van der Waals surface area contributed by atoms with Gasteiger partial charge in [0.25, 0.3) is 5.91 Å². The van der Waals surface area contributed by atoms with Crippen LogP contribution in [0.1, 0.15) is 21.5 Å². The highest BCUT2D eigenvalue weighted by Crippen LogP contribution is 2.37. The van der Waals surface area contributed by atoms with Crippen LogP contribution in [-0.4, -0.2) is 60.2 Å². The highest BCUT2D eigenvalue weighted by atomic mass is 35.5. The molecular weight excluding hydrogens is 449 g/mol. The van der Waals surface area contributed by atoms with Crippen LogP contribution in [0.3, 0.4) is 0 Å². The number of carbonyl (C=O) groups excluding carboxylic acids is 2. The lowest BCUT2D eigenvalue weighted by molar-refractivity contribution is -0.137. The maximum atomic E-state index is 13.4. The van der Waals surface area contributed by atoms with E-state index in [1.165, 1.54) is 28.6 Å². The number of urea groups is 1. The molecule has 3 amide bonds. The van der Waals surface area contributed by atoms with E-state index in [9.17, 15) is 22.8 Å². The van der Waals surface area contributed by atoms with E-state index in [2.05, 4.69) is 4.90 Å². The van der Waals surface area contributed by atoms with Crippen molar-refractivity contribution in [2.45, 2.75) is 12.7 Å². The quantitative estimate of drug-likeness (QED) is 0.525. The fourth-order valence-corrected chi connectivity index (χ4v) is 3.57. The minimum Gasteiger partial charge on any atom is -0.322 e. The van der Waals surface area contributed by atoms with E-state index in [-0.39, 0.29) is 17.8 Å². The van der Waals surface area contributed by atoms with E-state index in [0.29, 0.717) is 31.7 Å². The molecule has 0 bridgehead atoms. The number of piperazine rings is 1. The third-order valence-electron chi connectivity index (χ3n) is 5.23. The standard InChI is InChI=1S/C21H22ClF3N4O3/c1-27-8-10-28(11-9-27)20(31)29(13-14-2-4-15(5-3-14)19(30)26-32)16-6-7-18(22)17(12-16)21(23,24)25/h2-7,12,32H,8-11,13H2,1H3,(H,26,30). The summed E-state index contributed by atoms with van der Waals surface area (Å²) in [5.74, 6) is -0.700. The summed E-state index contributed by atoms with van der Waals surface area (Å²) < 4.78 is 40.2. The number of carbonyl (C=O) groups is 2. The lowest BCUT2D eigenvalue weighted by atomic mass is 10.1. The summed E-state index contributed by atoms with van der Waals surface area (Å²) in [6, 6.07) is 8.96. The van der Waals surface area contributed by atoms with Gasteiger partial charge in [0, 0.05) is 37.4 Å². The summed E-state index contributed by atoms with van der Waals surface area (Å²) in [5, 5.41) is 8.29. The maximum absolute atomic E-state index is 13.4. The number of amides is 3. The highest BCUT2D eigenvalue weighted by Gasteiger charge is 2.35. The van der Waals surface area contributed by atoms with Crippen LogP contribution in [0.2, 0.25) is 5.02 Å². The molecule has 3 rings (SSSR count). The molecule has 172 valence electrons. The predicted octanol–water partition coefficient (Wildman–Crippen LogP) is 3.85. The van der Waals surface area contributed by atoms with Gasteiger partial charge in [-0.05, 0) is 42.9 Å². The van der Waals surface area contributed by atoms with Crippen LogP contribution in [0.4, 0.5) is 23.7 Å². The van der Waals surface area contributed by atoms with Gasteiger partial charge in [0.05, 0.1) is 17.1 Å². The summed E-state index contributed by atoms with van der Waals surface area (Å²) in [5.41, 5.74) is 1.34. The van der Waals surface area contributed by atoms with Crippen molar-refractivity contribution >= 4 is 29.2 Å². The Labute approximate surface area is 187 Å². The largest absolute Gasteiger partial charge is 0.417 e. The third-order valence-corrected chi connectivity index (χ3v) is 5.56. The van der Waals surface area contributed by atoms with Gasteiger partial charge in [-0.2, -0.15) is 13.2 Å². The normalized spacial score (nSPS) is 14.9. The van der Waals surface area contributed by atoms with Gasteiger partial charge in [-0.3, -0.25) is 14.9 Å². The molecule has 7 nitrogen and oxygen atoms in total. The number of rotatable bonds is 4. The van der Waals surface area contributed by atoms with E-state index >= 15 is 0 Å². The van der Waals surface area contributed by atoms with Crippen LogP contribution in [-0.2, 0) is 12.7 Å². The van der Waals surface area contributed by atoms with Crippen LogP contribution < -0.4 is 10.4 Å². The lowest BCUT2D eigenvalue weighted by Gasteiger charge is -2.36. The van der Waals surface area contributed by atoms with Crippen LogP contribution in [0.15, 0.2) is 42.5 Å². The molecular formula is C21H22ClF3N4O3. The molecule has 0 atom stereocenters. The second-order valence-electron chi connectivity index (χ2n) is 7.46. The van der Waals surface area contributed by atoms with Gasteiger partial charge >= 0.3 is 12.2 Å². The Morgan fingerprint density at radius 1 is 1.09 bits per heavy atom. The van der Waals surface area contributed by atoms with Crippen LogP contribution in [0.25, 0.3) is 0 Å². The van der Waals surface area contributed by atoms with Crippen molar-refractivity contribution in [2.75, 3.05) is 38.1 Å². The van der Waals surface area contributed by atoms with Crippen molar-refractivity contribution in [3.8, 4) is 0 Å². The minimum absolute atomic E-state index is 0.0227. The van der Waals surface area contributed by atoms with Crippen molar-refractivity contribution in [1.82, 2.24) is 15.3 Å². The van der Waals surface area contributed by atoms with Crippen molar-refractivity contribution in [3.05, 3.63) is 64.2 Å². The van der Waals surface area contributed by atoms with Crippen LogP contribution in [0.5, 0.6) is 0 Å². The Balaban J connectivity index is 1.95. The molecule has 0 unspecified atom stereocenters. The summed E-state index contributed by atoms with van der Waals surface area (Å²) in [7, 11) is 1.93. The number of hydrogen-bond acceptors (Lipinski definition) is 4. The summed E-state index contributed by atoms with van der Waals surface area (Å²) in [6.45, 7) is 2.17. The minimum atomic E-state index is -4.67. The number of hydroxylamine groups is 1. The van der Waals surface area contributed by atoms with Gasteiger partial charge in [-0.15, -0.1) is 0 Å². The van der Waals surface area contributed by atoms with E-state index in [4.69, 9.17) is 16.8 Å². The SMILES string of the molecule is CN1CCN(C(=O)N(Cc2ccc(C(=O)NO)cc2)c2ccc(Cl)c(C(F)(F)F)c2)CC1.